The number of anilines is 6. The van der Waals surface area contributed by atoms with Gasteiger partial charge < -0.3 is 9.47 Å². The summed E-state index contributed by atoms with van der Waals surface area (Å²) in [5.41, 5.74) is 10.3. The van der Waals surface area contributed by atoms with Gasteiger partial charge in [-0.05, 0) is 147 Å². The van der Waals surface area contributed by atoms with E-state index in [1.165, 1.54) is 29.1 Å². The lowest BCUT2D eigenvalue weighted by atomic mass is 9.98. The number of benzene rings is 4. The molecule has 0 unspecified atom stereocenters. The van der Waals surface area contributed by atoms with E-state index in [1.807, 2.05) is 106 Å². The molecule has 10 nitrogen and oxygen atoms in total. The fraction of sp³-hybridized carbons (Fsp3) is 0.265. The number of para-hydroxylation sites is 2. The number of nitrogens with one attached hydrogen (secondary N) is 2. The van der Waals surface area contributed by atoms with Crippen LogP contribution in [0.4, 0.5) is 43.7 Å². The highest BCUT2D eigenvalue weighted by molar-refractivity contribution is 7.08. The van der Waals surface area contributed by atoms with E-state index in [-0.39, 0.29) is 24.0 Å². The summed E-state index contributed by atoms with van der Waals surface area (Å²) in [7, 11) is 0. The third-order valence-electron chi connectivity index (χ3n) is 11.0. The van der Waals surface area contributed by atoms with Crippen LogP contribution in [0.5, 0.6) is 0 Å². The third-order valence-corrected chi connectivity index (χ3v) is 12.4. The van der Waals surface area contributed by atoms with Crippen molar-refractivity contribution in [2.75, 3.05) is 20.4 Å². The minimum absolute atomic E-state index is 0.00637. The van der Waals surface area contributed by atoms with Gasteiger partial charge in [0.25, 0.3) is 11.8 Å². The zero-order valence-electron chi connectivity index (χ0n) is 34.2. The summed E-state index contributed by atoms with van der Waals surface area (Å²) in [5, 5.41) is 13.2. The van der Waals surface area contributed by atoms with Gasteiger partial charge in [-0.3, -0.25) is 30.0 Å². The molecule has 61 heavy (non-hydrogen) atoms. The molecule has 2 aliphatic heterocycles. The van der Waals surface area contributed by atoms with E-state index in [4.69, 9.17) is 9.47 Å². The first-order valence-electron chi connectivity index (χ1n) is 20.8. The van der Waals surface area contributed by atoms with Crippen molar-refractivity contribution in [2.45, 2.75) is 83.8 Å². The van der Waals surface area contributed by atoms with E-state index in [2.05, 4.69) is 22.8 Å². The molecule has 0 atom stereocenters. The van der Waals surface area contributed by atoms with Gasteiger partial charge in [0.05, 0.1) is 40.0 Å². The number of carbonyl (C=O) groups is 4. The molecule has 4 amide bonds. The van der Waals surface area contributed by atoms with Crippen molar-refractivity contribution in [3.63, 3.8) is 0 Å². The van der Waals surface area contributed by atoms with Gasteiger partial charge >= 0.3 is 12.2 Å². The molecule has 12 heteroatoms. The molecule has 312 valence electrons. The van der Waals surface area contributed by atoms with Crippen molar-refractivity contribution < 1.29 is 28.7 Å². The molecular formula is C49H48N4O6S2. The summed E-state index contributed by atoms with van der Waals surface area (Å²) in [6.07, 6.45) is 7.47. The van der Waals surface area contributed by atoms with Gasteiger partial charge in [0.1, 0.15) is 6.10 Å². The zero-order chi connectivity index (χ0) is 42.3. The van der Waals surface area contributed by atoms with Gasteiger partial charge in [-0.1, -0.05) is 55.0 Å². The van der Waals surface area contributed by atoms with Crippen LogP contribution in [0.1, 0.15) is 88.9 Å². The molecule has 1 saturated carbocycles. The Morgan fingerprint density at radius 2 is 1.03 bits per heavy atom. The maximum atomic E-state index is 13.6. The fourth-order valence-electron chi connectivity index (χ4n) is 8.11. The summed E-state index contributed by atoms with van der Waals surface area (Å²) in [6.45, 7) is 3.60. The van der Waals surface area contributed by atoms with E-state index in [0.717, 1.165) is 96.4 Å². The number of ether oxygens (including phenoxy) is 2. The van der Waals surface area contributed by atoms with Crippen LogP contribution in [0, 0.1) is 0 Å². The SMILES string of the molecule is CC(C)OC(=O)Nc1ccc2c(c1)N(C(=O)c1ccsc1)c1ccccc1CC2.O=C(Nc1ccc2c(c1)N(C(=O)c1ccsc1)c1ccccc1CC2)OC1CCCCC1. The van der Waals surface area contributed by atoms with Crippen LogP contribution in [0.3, 0.4) is 0 Å². The maximum absolute atomic E-state index is 13.6. The lowest BCUT2D eigenvalue weighted by Gasteiger charge is -2.25. The number of amides is 4. The van der Waals surface area contributed by atoms with E-state index in [9.17, 15) is 19.2 Å². The third kappa shape index (κ3) is 9.71. The number of aryl methyl sites for hydroxylation is 4. The van der Waals surface area contributed by atoms with Crippen molar-refractivity contribution in [3.05, 3.63) is 152 Å². The van der Waals surface area contributed by atoms with Gasteiger partial charge in [0.15, 0.2) is 0 Å². The van der Waals surface area contributed by atoms with Crippen molar-refractivity contribution in [1.82, 2.24) is 0 Å². The van der Waals surface area contributed by atoms with Crippen molar-refractivity contribution in [1.29, 1.82) is 0 Å². The summed E-state index contributed by atoms with van der Waals surface area (Å²) < 4.78 is 10.8. The first-order chi connectivity index (χ1) is 29.7. The van der Waals surface area contributed by atoms with Crippen molar-refractivity contribution in [2.24, 2.45) is 0 Å². The van der Waals surface area contributed by atoms with Crippen molar-refractivity contribution >= 4 is 80.8 Å². The molecule has 2 N–H and O–H groups in total. The van der Waals surface area contributed by atoms with Crippen LogP contribution in [0.15, 0.2) is 119 Å². The Morgan fingerprint density at radius 1 is 0.574 bits per heavy atom. The molecule has 0 saturated heterocycles. The Labute approximate surface area is 364 Å². The lowest BCUT2D eigenvalue weighted by Crippen LogP contribution is -2.27. The molecule has 6 aromatic rings. The predicted molar refractivity (Wildman–Crippen MR) is 244 cm³/mol. The second-order valence-electron chi connectivity index (χ2n) is 15.6. The largest absolute Gasteiger partial charge is 0.447 e. The Bertz CT molecular complexity index is 2510. The van der Waals surface area contributed by atoms with Crippen LogP contribution >= 0.6 is 22.7 Å². The Balaban J connectivity index is 0.000000169. The molecule has 0 radical (unpaired) electrons. The topological polar surface area (TPSA) is 117 Å². The van der Waals surface area contributed by atoms with Crippen LogP contribution in [-0.4, -0.2) is 36.2 Å². The number of nitrogens with zero attached hydrogens (tertiary/aromatic N) is 2. The maximum Gasteiger partial charge on any atom is 0.411 e. The highest BCUT2D eigenvalue weighted by atomic mass is 32.1. The molecule has 4 aromatic carbocycles. The molecule has 1 fully saturated rings. The average Bonchev–Trinajstić information content (AvgIpc) is 3.96. The lowest BCUT2D eigenvalue weighted by molar-refractivity contribution is 0.0864. The van der Waals surface area contributed by atoms with Crippen molar-refractivity contribution in [3.8, 4) is 0 Å². The second-order valence-corrected chi connectivity index (χ2v) is 17.2. The van der Waals surface area contributed by atoms with E-state index in [0.29, 0.717) is 22.5 Å². The summed E-state index contributed by atoms with van der Waals surface area (Å²) >= 11 is 3.00. The first kappa shape index (κ1) is 41.5. The minimum atomic E-state index is -0.510. The predicted octanol–water partition coefficient (Wildman–Crippen LogP) is 12.5. The molecule has 3 aliphatic rings. The molecular weight excluding hydrogens is 805 g/mol. The molecule has 9 rings (SSSR count). The normalized spacial score (nSPS) is 14.4. The Morgan fingerprint density at radius 3 is 1.49 bits per heavy atom. The van der Waals surface area contributed by atoms with Crippen LogP contribution in [0.25, 0.3) is 0 Å². The van der Waals surface area contributed by atoms with E-state index in [1.54, 1.807) is 23.6 Å². The molecule has 0 spiro atoms. The van der Waals surface area contributed by atoms with Gasteiger partial charge in [0.2, 0.25) is 0 Å². The summed E-state index contributed by atoms with van der Waals surface area (Å²) in [4.78, 5) is 55.1. The quantitative estimate of drug-likeness (QED) is 0.172. The number of hydrogen-bond donors (Lipinski definition) is 2. The van der Waals surface area contributed by atoms with Gasteiger partial charge in [-0.25, -0.2) is 9.59 Å². The molecule has 2 aromatic heterocycles. The molecule has 4 heterocycles. The molecule has 1 aliphatic carbocycles. The number of thiophene rings is 2. The highest BCUT2D eigenvalue weighted by Crippen LogP contribution is 2.40. The standard InChI is InChI=1S/C26H26N2O3S.C23H22N2O3S/c29-25(20-14-15-32-17-20)28-23-9-5-4-6-18(23)10-11-19-12-13-21(16-24(19)28)27-26(30)31-22-7-2-1-3-8-22;1-15(2)28-23(27)24-19-10-9-17-8-7-16-5-3-4-6-20(16)25(21(17)13-19)22(26)18-11-12-29-14-18/h4-6,9,12-17,22H,1-3,7-8,10-11H2,(H,27,30);3-6,9-15H,7-8H2,1-2H3,(H,24,27). The van der Waals surface area contributed by atoms with E-state index >= 15 is 0 Å². The Hall–Kier alpha value is -6.24. The summed E-state index contributed by atoms with van der Waals surface area (Å²) in [6, 6.07) is 31.2. The average molecular weight is 853 g/mol. The van der Waals surface area contributed by atoms with Crippen LogP contribution in [-0.2, 0) is 35.2 Å². The fourth-order valence-corrected chi connectivity index (χ4v) is 9.37. The number of fused-ring (bicyclic) bond motifs is 4. The van der Waals surface area contributed by atoms with Gasteiger partial charge in [0, 0.05) is 22.1 Å². The van der Waals surface area contributed by atoms with Crippen LogP contribution in [0.2, 0.25) is 0 Å². The number of hydrogen-bond acceptors (Lipinski definition) is 8. The smallest absolute Gasteiger partial charge is 0.411 e. The van der Waals surface area contributed by atoms with Crippen LogP contribution < -0.4 is 20.4 Å². The van der Waals surface area contributed by atoms with Gasteiger partial charge in [-0.15, -0.1) is 0 Å². The summed E-state index contributed by atoms with van der Waals surface area (Å²) in [5.74, 6) is -0.146. The Kier molecular flexibility index (Phi) is 12.9. The zero-order valence-corrected chi connectivity index (χ0v) is 35.9. The highest BCUT2D eigenvalue weighted by Gasteiger charge is 2.29. The molecule has 0 bridgehead atoms. The monoisotopic (exact) mass is 852 g/mol. The van der Waals surface area contributed by atoms with Gasteiger partial charge in [-0.2, -0.15) is 22.7 Å². The second kappa shape index (κ2) is 19.0. The van der Waals surface area contributed by atoms with E-state index < -0.39 is 12.2 Å². The number of carbonyl (C=O) groups excluding carboxylic acids is 4. The first-order valence-corrected chi connectivity index (χ1v) is 22.7. The minimum Gasteiger partial charge on any atom is -0.447 e. The number of rotatable bonds is 6.